The lowest BCUT2D eigenvalue weighted by molar-refractivity contribution is -0.169. The third-order valence-electron chi connectivity index (χ3n) is 5.57. The summed E-state index contributed by atoms with van der Waals surface area (Å²) in [6.07, 6.45) is 6.56. The summed E-state index contributed by atoms with van der Waals surface area (Å²) in [4.78, 5) is 10.9. The summed E-state index contributed by atoms with van der Waals surface area (Å²) >= 11 is 0. The molecule has 2 aromatic rings. The number of amides is 1. The Morgan fingerprint density at radius 2 is 1.27 bits per heavy atom. The first kappa shape index (κ1) is 30.7. The second-order valence-electron chi connectivity index (χ2n) is 8.91. The highest BCUT2D eigenvalue weighted by molar-refractivity contribution is 5.88. The zero-order valence-corrected chi connectivity index (χ0v) is 22.0. The van der Waals surface area contributed by atoms with E-state index < -0.39 is 0 Å². The van der Waals surface area contributed by atoms with E-state index in [-0.39, 0.29) is 18.5 Å². The lowest BCUT2D eigenvalue weighted by Gasteiger charge is -2.22. The topological polar surface area (TPSA) is 144 Å². The summed E-state index contributed by atoms with van der Waals surface area (Å²) in [7, 11) is 0. The molecule has 0 bridgehead atoms. The number of rotatable bonds is 8. The lowest BCUT2D eigenvalue weighted by Crippen LogP contribution is -2.21. The number of carbonyl (C=O) groups excluding carboxylic acids is 1. The zero-order chi connectivity index (χ0) is 26.7. The van der Waals surface area contributed by atoms with Gasteiger partial charge in [0.05, 0.1) is 13.2 Å². The molecule has 2 heterocycles. The molecular weight excluding hydrogens is 472 g/mol. The predicted molar refractivity (Wildman–Crippen MR) is 146 cm³/mol. The highest BCUT2D eigenvalue weighted by Crippen LogP contribution is 2.17. The van der Waals surface area contributed by atoms with Gasteiger partial charge in [-0.1, -0.05) is 24.3 Å². The molecule has 2 aliphatic rings. The molecule has 37 heavy (non-hydrogen) atoms. The van der Waals surface area contributed by atoms with Crippen molar-refractivity contribution in [1.82, 2.24) is 0 Å². The van der Waals surface area contributed by atoms with Gasteiger partial charge in [-0.25, -0.2) is 0 Å². The third kappa shape index (κ3) is 14.1. The first-order valence-corrected chi connectivity index (χ1v) is 13.1. The van der Waals surface area contributed by atoms with Crippen LogP contribution in [-0.4, -0.2) is 44.8 Å². The van der Waals surface area contributed by atoms with Gasteiger partial charge in [0, 0.05) is 44.6 Å². The average Bonchev–Trinajstić information content (AvgIpc) is 2.94. The van der Waals surface area contributed by atoms with Crippen LogP contribution in [0.2, 0.25) is 0 Å². The molecule has 0 spiro atoms. The van der Waals surface area contributed by atoms with E-state index in [1.165, 1.54) is 19.8 Å². The molecular formula is C28H44N4O5. The largest absolute Gasteiger partial charge is 0.399 e. The van der Waals surface area contributed by atoms with Crippen LogP contribution in [0.3, 0.4) is 0 Å². The fourth-order valence-corrected chi connectivity index (χ4v) is 3.57. The van der Waals surface area contributed by atoms with Gasteiger partial charge in [0.1, 0.15) is 0 Å². The van der Waals surface area contributed by atoms with E-state index in [2.05, 4.69) is 5.32 Å². The number of anilines is 2. The van der Waals surface area contributed by atoms with Crippen LogP contribution < -0.4 is 22.5 Å². The normalized spacial score (nSPS) is 19.0. The summed E-state index contributed by atoms with van der Waals surface area (Å²) < 4.78 is 22.3. The number of nitrogens with two attached hydrogens (primary N) is 3. The van der Waals surface area contributed by atoms with E-state index in [4.69, 9.17) is 36.1 Å². The monoisotopic (exact) mass is 516 g/mol. The highest BCUT2D eigenvalue weighted by atomic mass is 16.7. The van der Waals surface area contributed by atoms with Crippen LogP contribution in [0.15, 0.2) is 48.5 Å². The van der Waals surface area contributed by atoms with Gasteiger partial charge in [-0.05, 0) is 73.9 Å². The molecule has 4 rings (SSSR count). The Kier molecular flexibility index (Phi) is 15.5. The first-order valence-electron chi connectivity index (χ1n) is 13.1. The number of ether oxygens (including phenoxy) is 4. The number of carbonyl (C=O) groups is 1. The average molecular weight is 517 g/mol. The molecule has 2 fully saturated rings. The number of hydrogen-bond acceptors (Lipinski definition) is 8. The third-order valence-corrected chi connectivity index (χ3v) is 5.57. The summed E-state index contributed by atoms with van der Waals surface area (Å²) in [5.41, 5.74) is 19.2. The summed E-state index contributed by atoms with van der Waals surface area (Å²) in [6.45, 7) is 5.46. The van der Waals surface area contributed by atoms with Crippen LogP contribution in [-0.2, 0) is 37.0 Å². The predicted octanol–water partition coefficient (Wildman–Crippen LogP) is 3.90. The van der Waals surface area contributed by atoms with Crippen LogP contribution in [0.25, 0.3) is 0 Å². The molecule has 0 saturated carbocycles. The molecule has 0 aliphatic carbocycles. The van der Waals surface area contributed by atoms with Crippen molar-refractivity contribution < 1.29 is 23.7 Å². The molecule has 2 atom stereocenters. The molecule has 1 amide bonds. The van der Waals surface area contributed by atoms with E-state index in [0.29, 0.717) is 26.3 Å². The Morgan fingerprint density at radius 1 is 0.811 bits per heavy atom. The smallest absolute Gasteiger partial charge is 0.221 e. The van der Waals surface area contributed by atoms with Crippen molar-refractivity contribution in [3.05, 3.63) is 59.7 Å². The van der Waals surface area contributed by atoms with Gasteiger partial charge in [-0.15, -0.1) is 0 Å². The van der Waals surface area contributed by atoms with E-state index in [9.17, 15) is 4.79 Å². The van der Waals surface area contributed by atoms with Gasteiger partial charge in [0.25, 0.3) is 0 Å². The molecule has 2 saturated heterocycles. The molecule has 2 aromatic carbocycles. The minimum absolute atomic E-state index is 0.0173. The van der Waals surface area contributed by atoms with Crippen molar-refractivity contribution in [2.45, 2.75) is 71.2 Å². The maximum atomic E-state index is 10.9. The minimum atomic E-state index is -0.0613. The van der Waals surface area contributed by atoms with E-state index in [1.54, 1.807) is 0 Å². The maximum Gasteiger partial charge on any atom is 0.221 e. The van der Waals surface area contributed by atoms with Gasteiger partial charge in [0.2, 0.25) is 5.91 Å². The Labute approximate surface area is 221 Å². The minimum Gasteiger partial charge on any atom is -0.399 e. The van der Waals surface area contributed by atoms with Gasteiger partial charge >= 0.3 is 0 Å². The van der Waals surface area contributed by atoms with Crippen molar-refractivity contribution >= 4 is 17.3 Å². The number of nitrogen functional groups attached to an aromatic ring is 1. The van der Waals surface area contributed by atoms with Crippen molar-refractivity contribution in [2.24, 2.45) is 11.5 Å². The highest BCUT2D eigenvalue weighted by Gasteiger charge is 2.14. The zero-order valence-electron chi connectivity index (χ0n) is 22.0. The van der Waals surface area contributed by atoms with Crippen molar-refractivity contribution in [3.63, 3.8) is 0 Å². The van der Waals surface area contributed by atoms with Crippen LogP contribution in [0.4, 0.5) is 11.4 Å². The molecule has 0 aromatic heterocycles. The number of hydrogen-bond donors (Lipinski definition) is 4. The Balaban J connectivity index is 0.000000230. The lowest BCUT2D eigenvalue weighted by atomic mass is 10.2. The quantitative estimate of drug-likeness (QED) is 0.387. The standard InChI is InChI=1S/C14H19NO3.C12H17NO2.C2H8N2/c1-11(16)15-13-7-5-12(6-8-13)10-18-14-4-2-3-9-17-14;13-11-6-4-10(5-7-11)9-15-12-3-1-2-8-14-12;3-1-2-4/h5-8,14H,2-4,9-10H2,1H3,(H,15,16);4-7,12H,1-3,8-9,13H2;1-4H2. The van der Waals surface area contributed by atoms with Crippen molar-refractivity contribution in [3.8, 4) is 0 Å². The second kappa shape index (κ2) is 18.7. The molecule has 9 nitrogen and oxygen atoms in total. The Hall–Kier alpha value is -2.53. The van der Waals surface area contributed by atoms with Crippen molar-refractivity contribution in [1.29, 1.82) is 0 Å². The van der Waals surface area contributed by atoms with Crippen LogP contribution in [0.5, 0.6) is 0 Å². The summed E-state index contributed by atoms with van der Waals surface area (Å²) in [5, 5.41) is 2.73. The van der Waals surface area contributed by atoms with Crippen molar-refractivity contribution in [2.75, 3.05) is 37.4 Å². The van der Waals surface area contributed by atoms with E-state index >= 15 is 0 Å². The molecule has 2 aliphatic heterocycles. The van der Waals surface area contributed by atoms with Crippen LogP contribution in [0, 0.1) is 0 Å². The molecule has 9 heteroatoms. The molecule has 0 radical (unpaired) electrons. The molecule has 206 valence electrons. The first-order chi connectivity index (χ1) is 18.0. The van der Waals surface area contributed by atoms with E-state index in [1.807, 2.05) is 48.5 Å². The fraction of sp³-hybridized carbons (Fsp3) is 0.536. The SMILES string of the molecule is CC(=O)Nc1ccc(COC2CCCCO2)cc1.NCCN.Nc1ccc(COC2CCCCO2)cc1. The second-order valence-corrected chi connectivity index (χ2v) is 8.91. The Bertz CT molecular complexity index is 850. The fourth-order valence-electron chi connectivity index (χ4n) is 3.57. The van der Waals surface area contributed by atoms with E-state index in [0.717, 1.165) is 61.4 Å². The summed E-state index contributed by atoms with van der Waals surface area (Å²) in [5.74, 6) is -0.0606. The molecule has 2 unspecified atom stereocenters. The molecule has 7 N–H and O–H groups in total. The number of nitrogens with one attached hydrogen (secondary N) is 1. The van der Waals surface area contributed by atoms with Crippen LogP contribution >= 0.6 is 0 Å². The Morgan fingerprint density at radius 3 is 1.65 bits per heavy atom. The number of benzene rings is 2. The van der Waals surface area contributed by atoms with Gasteiger partial charge in [0.15, 0.2) is 12.6 Å². The van der Waals surface area contributed by atoms with Gasteiger partial charge in [-0.3, -0.25) is 4.79 Å². The summed E-state index contributed by atoms with van der Waals surface area (Å²) in [6, 6.07) is 15.4. The maximum absolute atomic E-state index is 10.9. The van der Waals surface area contributed by atoms with Gasteiger partial charge < -0.3 is 41.5 Å². The van der Waals surface area contributed by atoms with Gasteiger partial charge in [-0.2, -0.15) is 0 Å². The van der Waals surface area contributed by atoms with Crippen LogP contribution in [0.1, 0.15) is 56.6 Å².